The monoisotopic (exact) mass is 296 g/mol. The Labute approximate surface area is 140 Å². The summed E-state index contributed by atoms with van der Waals surface area (Å²) in [6.07, 6.45) is 0.0724. The van der Waals surface area contributed by atoms with Crippen molar-refractivity contribution in [3.8, 4) is 0 Å². The molecule has 0 aliphatic heterocycles. The van der Waals surface area contributed by atoms with Gasteiger partial charge in [0.15, 0.2) is 6.10 Å². The van der Waals surface area contributed by atoms with Crippen LogP contribution >= 0.6 is 0 Å². The third-order valence-electron chi connectivity index (χ3n) is 2.06. The van der Waals surface area contributed by atoms with Crippen molar-refractivity contribution in [1.29, 1.82) is 0 Å². The Kier molecular flexibility index (Phi) is 11.4. The molecule has 0 aliphatic rings. The van der Waals surface area contributed by atoms with Gasteiger partial charge in [0.05, 0.1) is 6.61 Å². The zero-order chi connectivity index (χ0) is 15.0. The molecule has 0 saturated carbocycles. The predicted molar refractivity (Wildman–Crippen MR) is 71.9 cm³/mol. The van der Waals surface area contributed by atoms with Gasteiger partial charge in [-0.3, -0.25) is 4.79 Å². The number of rotatable bonds is 7. The van der Waals surface area contributed by atoms with Gasteiger partial charge < -0.3 is 19.9 Å². The molecule has 8 heteroatoms. The number of esters is 2. The van der Waals surface area contributed by atoms with E-state index in [2.05, 4.69) is 10.1 Å². The largest absolute Gasteiger partial charge is 0.480 e. The molecule has 2 atom stereocenters. The minimum Gasteiger partial charge on any atom is -0.480 e. The standard InChI is InChI=1S/C12H19NO6.Na/c1-5-18-12(17)9(4)19-10(14)6-7(2)13-8(3)11(15)16;/h6,8-9,13H,5H2,1-4H3,(H,15,16);. The van der Waals surface area contributed by atoms with Crippen molar-refractivity contribution in [2.45, 2.75) is 39.8 Å². The topological polar surface area (TPSA) is 102 Å². The molecule has 0 aromatic carbocycles. The van der Waals surface area contributed by atoms with E-state index in [9.17, 15) is 14.4 Å². The van der Waals surface area contributed by atoms with E-state index >= 15 is 0 Å². The zero-order valence-electron chi connectivity index (χ0n) is 12.4. The Balaban J connectivity index is 0. The number of nitrogens with one attached hydrogen (secondary N) is 1. The summed E-state index contributed by atoms with van der Waals surface area (Å²) < 4.78 is 9.48. The van der Waals surface area contributed by atoms with E-state index in [0.29, 0.717) is 5.70 Å². The normalized spacial score (nSPS) is 13.5. The van der Waals surface area contributed by atoms with Crippen LogP contribution in [0.15, 0.2) is 11.8 Å². The fourth-order valence-electron chi connectivity index (χ4n) is 1.14. The van der Waals surface area contributed by atoms with Crippen molar-refractivity contribution in [3.63, 3.8) is 0 Å². The van der Waals surface area contributed by atoms with Crippen LogP contribution in [0.1, 0.15) is 27.7 Å². The number of hydrogen-bond donors (Lipinski definition) is 2. The van der Waals surface area contributed by atoms with Crippen LogP contribution in [-0.4, -0.2) is 71.3 Å². The summed E-state index contributed by atoms with van der Waals surface area (Å²) in [6.45, 7) is 6.20. The van der Waals surface area contributed by atoms with Crippen LogP contribution < -0.4 is 5.32 Å². The van der Waals surface area contributed by atoms with E-state index in [1.807, 2.05) is 0 Å². The van der Waals surface area contributed by atoms with Crippen molar-refractivity contribution in [2.75, 3.05) is 6.61 Å². The second-order valence-corrected chi connectivity index (χ2v) is 3.86. The van der Waals surface area contributed by atoms with Crippen LogP contribution in [0.5, 0.6) is 0 Å². The summed E-state index contributed by atoms with van der Waals surface area (Å²) in [7, 11) is 0. The van der Waals surface area contributed by atoms with Crippen molar-refractivity contribution in [1.82, 2.24) is 5.32 Å². The molecule has 1 radical (unpaired) electrons. The molecule has 0 rings (SSSR count). The summed E-state index contributed by atoms with van der Waals surface area (Å²) in [5, 5.41) is 11.3. The first-order chi connectivity index (χ1) is 8.77. The average molecular weight is 296 g/mol. The van der Waals surface area contributed by atoms with Crippen LogP contribution in [-0.2, 0) is 23.9 Å². The summed E-state index contributed by atoms with van der Waals surface area (Å²) >= 11 is 0. The Morgan fingerprint density at radius 3 is 2.30 bits per heavy atom. The molecule has 0 saturated heterocycles. The van der Waals surface area contributed by atoms with Gasteiger partial charge in [0.2, 0.25) is 0 Å². The van der Waals surface area contributed by atoms with Gasteiger partial charge in [0, 0.05) is 41.3 Å². The Morgan fingerprint density at radius 1 is 1.30 bits per heavy atom. The molecule has 0 bridgehead atoms. The van der Waals surface area contributed by atoms with E-state index in [1.54, 1.807) is 6.92 Å². The van der Waals surface area contributed by atoms with Gasteiger partial charge in [-0.25, -0.2) is 9.59 Å². The van der Waals surface area contributed by atoms with Crippen LogP contribution in [0.2, 0.25) is 0 Å². The first-order valence-corrected chi connectivity index (χ1v) is 5.82. The van der Waals surface area contributed by atoms with Gasteiger partial charge in [-0.1, -0.05) is 0 Å². The second-order valence-electron chi connectivity index (χ2n) is 3.86. The number of carboxylic acid groups (broad SMARTS) is 1. The maximum atomic E-state index is 11.4. The molecule has 0 aliphatic carbocycles. The first-order valence-electron chi connectivity index (χ1n) is 5.82. The van der Waals surface area contributed by atoms with Gasteiger partial charge in [-0.15, -0.1) is 0 Å². The number of carboxylic acids is 1. The Morgan fingerprint density at radius 2 is 1.85 bits per heavy atom. The van der Waals surface area contributed by atoms with Crippen molar-refractivity contribution in [3.05, 3.63) is 11.8 Å². The van der Waals surface area contributed by atoms with Crippen LogP contribution in [0.3, 0.4) is 0 Å². The van der Waals surface area contributed by atoms with E-state index in [0.717, 1.165) is 6.08 Å². The minimum atomic E-state index is -1.04. The van der Waals surface area contributed by atoms with Crippen LogP contribution in [0, 0.1) is 0 Å². The summed E-state index contributed by atoms with van der Waals surface area (Å²) in [5.74, 6) is -2.42. The fraction of sp³-hybridized carbons (Fsp3) is 0.583. The van der Waals surface area contributed by atoms with Crippen molar-refractivity contribution >= 4 is 47.5 Å². The third kappa shape index (κ3) is 8.95. The SMILES string of the molecule is CCOC(=O)C(C)OC(=O)C=C(C)NC(C)C(=O)O.[Na]. The third-order valence-corrected chi connectivity index (χ3v) is 2.06. The maximum Gasteiger partial charge on any atom is 0.347 e. The number of aliphatic carboxylic acids is 1. The summed E-state index contributed by atoms with van der Waals surface area (Å²) in [4.78, 5) is 33.2. The molecule has 0 heterocycles. The number of allylic oxidation sites excluding steroid dienone is 1. The molecule has 109 valence electrons. The molecule has 7 nitrogen and oxygen atoms in total. The van der Waals surface area contributed by atoms with Crippen molar-refractivity contribution < 1.29 is 29.0 Å². The second kappa shape index (κ2) is 10.7. The Bertz CT molecular complexity index is 382. The molecule has 2 unspecified atom stereocenters. The number of hydrogen-bond acceptors (Lipinski definition) is 6. The number of carbonyl (C=O) groups is 3. The van der Waals surface area contributed by atoms with E-state index in [4.69, 9.17) is 9.84 Å². The van der Waals surface area contributed by atoms with E-state index in [-0.39, 0.29) is 36.2 Å². The van der Waals surface area contributed by atoms with E-state index in [1.165, 1.54) is 20.8 Å². The molecule has 20 heavy (non-hydrogen) atoms. The van der Waals surface area contributed by atoms with E-state index < -0.39 is 30.1 Å². The Hall–Kier alpha value is -1.05. The maximum absolute atomic E-state index is 11.4. The predicted octanol–water partition coefficient (Wildman–Crippen LogP) is 0.0669. The molecule has 0 fully saturated rings. The van der Waals surface area contributed by atoms with Gasteiger partial charge in [-0.05, 0) is 27.7 Å². The molecule has 0 spiro atoms. The van der Waals surface area contributed by atoms with Crippen LogP contribution in [0.25, 0.3) is 0 Å². The van der Waals surface area contributed by atoms with Gasteiger partial charge >= 0.3 is 17.9 Å². The fourth-order valence-corrected chi connectivity index (χ4v) is 1.14. The van der Waals surface area contributed by atoms with Gasteiger partial charge in [-0.2, -0.15) is 0 Å². The zero-order valence-corrected chi connectivity index (χ0v) is 14.4. The first kappa shape index (κ1) is 21.3. The van der Waals surface area contributed by atoms with Gasteiger partial charge in [0.25, 0.3) is 0 Å². The minimum absolute atomic E-state index is 0. The van der Waals surface area contributed by atoms with Crippen LogP contribution in [0.4, 0.5) is 0 Å². The van der Waals surface area contributed by atoms with Gasteiger partial charge in [0.1, 0.15) is 6.04 Å². The molecular weight excluding hydrogens is 277 g/mol. The number of ether oxygens (including phenoxy) is 2. The molecule has 0 aromatic heterocycles. The molecule has 2 N–H and O–H groups in total. The number of carbonyl (C=O) groups excluding carboxylic acids is 2. The molecular formula is C12H19NNaO6. The average Bonchev–Trinajstić information content (AvgIpc) is 2.28. The smallest absolute Gasteiger partial charge is 0.347 e. The molecule has 0 aromatic rings. The quantitative estimate of drug-likeness (QED) is 0.389. The summed E-state index contributed by atoms with van der Waals surface area (Å²) in [6, 6.07) is -0.827. The van der Waals surface area contributed by atoms with Crippen molar-refractivity contribution in [2.24, 2.45) is 0 Å². The molecule has 0 amide bonds. The summed E-state index contributed by atoms with van der Waals surface area (Å²) in [5.41, 5.74) is 0.330.